The molecular weight excluding hydrogens is 452 g/mol. The summed E-state index contributed by atoms with van der Waals surface area (Å²) in [5, 5.41) is 3.39. The Balaban J connectivity index is 1.63. The third-order valence-electron chi connectivity index (χ3n) is 4.93. The van der Waals surface area contributed by atoms with Crippen molar-refractivity contribution in [3.8, 4) is 5.88 Å². The summed E-state index contributed by atoms with van der Waals surface area (Å²) in [6, 6.07) is 10.4. The van der Waals surface area contributed by atoms with E-state index in [-0.39, 0.29) is 24.6 Å². The number of methoxy groups -OCH3 is 1. The topological polar surface area (TPSA) is 94.7 Å². The van der Waals surface area contributed by atoms with Crippen LogP contribution in [0, 0.1) is 6.92 Å². The molecule has 0 saturated heterocycles. The maximum Gasteiger partial charge on any atom is 0.336 e. The van der Waals surface area contributed by atoms with Crippen molar-refractivity contribution in [2.45, 2.75) is 20.0 Å². The van der Waals surface area contributed by atoms with Gasteiger partial charge >= 0.3 is 5.69 Å². The number of ether oxygens (including phenoxy) is 1. The van der Waals surface area contributed by atoms with E-state index in [1.807, 2.05) is 0 Å². The molecule has 10 heteroatoms. The number of hydrogen-bond acceptors (Lipinski definition) is 6. The van der Waals surface area contributed by atoms with Crippen molar-refractivity contribution in [1.82, 2.24) is 19.3 Å². The Bertz CT molecular complexity index is 1420. The number of rotatable bonds is 6. The lowest BCUT2D eigenvalue weighted by Gasteiger charge is -2.07. The van der Waals surface area contributed by atoms with Gasteiger partial charge in [0, 0.05) is 35.6 Å². The predicted molar refractivity (Wildman–Crippen MR) is 123 cm³/mol. The Hall–Kier alpha value is -3.43. The van der Waals surface area contributed by atoms with Crippen molar-refractivity contribution in [2.24, 2.45) is 0 Å². The standard InChI is InChI=1S/C22H19ClN4O4S/c1-13-20(29)26(11-14-3-5-16(23)6-4-14)22(30)27-12-17(32-21(13)27)19(28)25-10-15-7-8-24-18(9-15)31-2/h3-9,12H,10-11H2,1-2H3,(H,25,28). The van der Waals surface area contributed by atoms with Crippen LogP contribution in [-0.2, 0) is 13.1 Å². The van der Waals surface area contributed by atoms with Gasteiger partial charge in [0.1, 0.15) is 9.71 Å². The second-order valence-corrected chi connectivity index (χ2v) is 8.55. The van der Waals surface area contributed by atoms with Gasteiger partial charge in [-0.1, -0.05) is 23.7 Å². The van der Waals surface area contributed by atoms with Gasteiger partial charge < -0.3 is 10.1 Å². The van der Waals surface area contributed by atoms with Crippen LogP contribution < -0.4 is 21.3 Å². The summed E-state index contributed by atoms with van der Waals surface area (Å²) >= 11 is 7.02. The van der Waals surface area contributed by atoms with Crippen LogP contribution in [-0.4, -0.2) is 27.0 Å². The second kappa shape index (κ2) is 8.97. The maximum atomic E-state index is 13.0. The molecule has 0 aliphatic heterocycles. The lowest BCUT2D eigenvalue weighted by molar-refractivity contribution is 0.0954. The summed E-state index contributed by atoms with van der Waals surface area (Å²) in [5.41, 5.74) is 1.11. The van der Waals surface area contributed by atoms with Crippen LogP contribution in [0.2, 0.25) is 5.02 Å². The van der Waals surface area contributed by atoms with Crippen molar-refractivity contribution in [2.75, 3.05) is 7.11 Å². The van der Waals surface area contributed by atoms with Gasteiger partial charge in [-0.15, -0.1) is 11.3 Å². The third kappa shape index (κ3) is 4.30. The molecule has 1 aromatic carbocycles. The van der Waals surface area contributed by atoms with Gasteiger partial charge in [-0.05, 0) is 36.2 Å². The highest BCUT2D eigenvalue weighted by Crippen LogP contribution is 2.19. The zero-order chi connectivity index (χ0) is 22.8. The first kappa shape index (κ1) is 21.8. The number of benzene rings is 1. The number of halogens is 1. The van der Waals surface area contributed by atoms with Gasteiger partial charge in [-0.3, -0.25) is 18.6 Å². The number of aryl methyl sites for hydroxylation is 1. The first-order valence-electron chi connectivity index (χ1n) is 9.64. The molecule has 0 fully saturated rings. The normalized spacial score (nSPS) is 11.0. The highest BCUT2D eigenvalue weighted by Gasteiger charge is 2.17. The Morgan fingerprint density at radius 3 is 2.66 bits per heavy atom. The summed E-state index contributed by atoms with van der Waals surface area (Å²) in [7, 11) is 1.52. The van der Waals surface area contributed by atoms with E-state index in [4.69, 9.17) is 16.3 Å². The molecule has 8 nitrogen and oxygen atoms in total. The minimum atomic E-state index is -0.500. The lowest BCUT2D eigenvalue weighted by Crippen LogP contribution is -2.38. The van der Waals surface area contributed by atoms with Gasteiger partial charge in [-0.2, -0.15) is 0 Å². The van der Waals surface area contributed by atoms with E-state index in [1.165, 1.54) is 17.7 Å². The molecule has 3 heterocycles. The molecular formula is C22H19ClN4O4S. The minimum Gasteiger partial charge on any atom is -0.481 e. The van der Waals surface area contributed by atoms with Crippen molar-refractivity contribution < 1.29 is 9.53 Å². The summed E-state index contributed by atoms with van der Waals surface area (Å²) < 4.78 is 7.59. The first-order valence-corrected chi connectivity index (χ1v) is 10.8. The second-order valence-electron chi connectivity index (χ2n) is 7.09. The Labute approximate surface area is 191 Å². The predicted octanol–water partition coefficient (Wildman–Crippen LogP) is 2.87. The van der Waals surface area contributed by atoms with Crippen LogP contribution >= 0.6 is 22.9 Å². The van der Waals surface area contributed by atoms with E-state index in [0.29, 0.717) is 26.2 Å². The monoisotopic (exact) mass is 470 g/mol. The molecule has 0 radical (unpaired) electrons. The zero-order valence-electron chi connectivity index (χ0n) is 17.3. The van der Waals surface area contributed by atoms with Crippen LogP contribution in [0.5, 0.6) is 5.88 Å². The van der Waals surface area contributed by atoms with Crippen LogP contribution in [0.25, 0.3) is 4.83 Å². The number of carbonyl (C=O) groups is 1. The smallest absolute Gasteiger partial charge is 0.336 e. The van der Waals surface area contributed by atoms with Crippen molar-refractivity contribution in [3.05, 3.63) is 96.2 Å². The fraction of sp³-hybridized carbons (Fsp3) is 0.182. The molecule has 32 heavy (non-hydrogen) atoms. The first-order chi connectivity index (χ1) is 15.4. The molecule has 0 saturated carbocycles. The lowest BCUT2D eigenvalue weighted by atomic mass is 10.2. The highest BCUT2D eigenvalue weighted by atomic mass is 35.5. The molecule has 3 aromatic heterocycles. The molecule has 4 rings (SSSR count). The van der Waals surface area contributed by atoms with E-state index < -0.39 is 5.69 Å². The quantitative estimate of drug-likeness (QED) is 0.467. The van der Waals surface area contributed by atoms with Crippen molar-refractivity contribution >= 4 is 33.7 Å². The maximum absolute atomic E-state index is 13.0. The summed E-state index contributed by atoms with van der Waals surface area (Å²) in [6.07, 6.45) is 3.06. The summed E-state index contributed by atoms with van der Waals surface area (Å²) in [5.74, 6) is 0.110. The number of pyridine rings is 1. The third-order valence-corrected chi connectivity index (χ3v) is 6.39. The number of aromatic nitrogens is 3. The fourth-order valence-corrected chi connectivity index (χ4v) is 4.35. The van der Waals surface area contributed by atoms with Crippen LogP contribution in [0.4, 0.5) is 0 Å². The molecule has 0 bridgehead atoms. The summed E-state index contributed by atoms with van der Waals surface area (Å²) in [4.78, 5) is 43.4. The van der Waals surface area contributed by atoms with Gasteiger partial charge in [-0.25, -0.2) is 9.78 Å². The Morgan fingerprint density at radius 1 is 1.19 bits per heavy atom. The van der Waals surface area contributed by atoms with E-state index in [1.54, 1.807) is 49.5 Å². The van der Waals surface area contributed by atoms with Gasteiger partial charge in [0.05, 0.1) is 13.7 Å². The molecule has 0 atom stereocenters. The largest absolute Gasteiger partial charge is 0.481 e. The number of fused-ring (bicyclic) bond motifs is 1. The molecule has 1 N–H and O–H groups in total. The van der Waals surface area contributed by atoms with E-state index >= 15 is 0 Å². The van der Waals surface area contributed by atoms with E-state index in [9.17, 15) is 14.4 Å². The van der Waals surface area contributed by atoms with E-state index in [0.717, 1.165) is 27.0 Å². The minimum absolute atomic E-state index is 0.111. The number of carbonyl (C=O) groups excluding carboxylic acids is 1. The molecule has 1 amide bonds. The van der Waals surface area contributed by atoms with Crippen molar-refractivity contribution in [3.63, 3.8) is 0 Å². The van der Waals surface area contributed by atoms with E-state index in [2.05, 4.69) is 10.3 Å². The number of nitrogens with one attached hydrogen (secondary N) is 1. The zero-order valence-corrected chi connectivity index (χ0v) is 18.9. The molecule has 0 unspecified atom stereocenters. The molecule has 4 aromatic rings. The highest BCUT2D eigenvalue weighted by molar-refractivity contribution is 7.19. The summed E-state index contributed by atoms with van der Waals surface area (Å²) in [6.45, 7) is 2.03. The average Bonchev–Trinajstić information content (AvgIpc) is 3.26. The average molecular weight is 471 g/mol. The molecule has 164 valence electrons. The number of thiazole rings is 1. The fourth-order valence-electron chi connectivity index (χ4n) is 3.22. The van der Waals surface area contributed by atoms with Gasteiger partial charge in [0.2, 0.25) is 5.88 Å². The van der Waals surface area contributed by atoms with Gasteiger partial charge in [0.15, 0.2) is 0 Å². The Morgan fingerprint density at radius 2 is 1.94 bits per heavy atom. The van der Waals surface area contributed by atoms with Crippen LogP contribution in [0.1, 0.15) is 26.4 Å². The van der Waals surface area contributed by atoms with Crippen molar-refractivity contribution in [1.29, 1.82) is 0 Å². The number of amides is 1. The van der Waals surface area contributed by atoms with Gasteiger partial charge in [0.25, 0.3) is 11.5 Å². The Kier molecular flexibility index (Phi) is 6.11. The number of nitrogens with zero attached hydrogens (tertiary/aromatic N) is 3. The SMILES string of the molecule is COc1cc(CNC(=O)c2cn3c(=O)n(Cc4ccc(Cl)cc4)c(=O)c(C)c3s2)ccn1. The molecule has 0 aliphatic carbocycles. The van der Waals surface area contributed by atoms with Crippen LogP contribution in [0.15, 0.2) is 58.4 Å². The number of hydrogen-bond donors (Lipinski definition) is 1. The van der Waals surface area contributed by atoms with Crippen LogP contribution in [0.3, 0.4) is 0 Å². The molecule has 0 spiro atoms. The molecule has 0 aliphatic rings.